The van der Waals surface area contributed by atoms with E-state index in [-0.39, 0.29) is 0 Å². The summed E-state index contributed by atoms with van der Waals surface area (Å²) in [5.74, 6) is 0. The van der Waals surface area contributed by atoms with E-state index < -0.39 is 0 Å². The summed E-state index contributed by atoms with van der Waals surface area (Å²) in [6, 6.07) is 0. The summed E-state index contributed by atoms with van der Waals surface area (Å²) >= 11 is 0. The van der Waals surface area contributed by atoms with E-state index in [2.05, 4.69) is 32.7 Å². The first kappa shape index (κ1) is 28.7. The van der Waals surface area contributed by atoms with Crippen LogP contribution in [0.5, 0.6) is 0 Å². The fraction of sp³-hybridized carbons (Fsp3) is 0.929. The zero-order valence-electron chi connectivity index (χ0n) is 20.8. The Bertz CT molecular complexity index is 314. The van der Waals surface area contributed by atoms with Crippen molar-refractivity contribution in [2.24, 2.45) is 0 Å². The predicted molar refractivity (Wildman–Crippen MR) is 135 cm³/mol. The maximum Gasteiger partial charge on any atom is 0.0184 e. The Morgan fingerprint density at radius 2 is 0.862 bits per heavy atom. The SMILES string of the molecule is C=CCNC(CCCC)(CCCC)CCCCCCCCCCCCCCCC. The monoisotopic (exact) mass is 407 g/mol. The van der Waals surface area contributed by atoms with Crippen LogP contribution < -0.4 is 5.32 Å². The molecule has 0 saturated carbocycles. The Labute approximate surface area is 185 Å². The van der Waals surface area contributed by atoms with Gasteiger partial charge >= 0.3 is 0 Å². The highest BCUT2D eigenvalue weighted by Crippen LogP contribution is 2.28. The zero-order chi connectivity index (χ0) is 21.5. The van der Waals surface area contributed by atoms with Crippen LogP contribution >= 0.6 is 0 Å². The summed E-state index contributed by atoms with van der Waals surface area (Å²) in [5, 5.41) is 3.88. The minimum Gasteiger partial charge on any atom is -0.308 e. The normalized spacial score (nSPS) is 11.8. The zero-order valence-corrected chi connectivity index (χ0v) is 20.8. The fourth-order valence-corrected chi connectivity index (χ4v) is 4.62. The summed E-state index contributed by atoms with van der Waals surface area (Å²) in [6.07, 6.45) is 31.6. The molecule has 0 unspecified atom stereocenters. The molecule has 0 aromatic rings. The first-order valence-corrected chi connectivity index (χ1v) is 13.6. The van der Waals surface area contributed by atoms with Gasteiger partial charge in [-0.15, -0.1) is 6.58 Å². The Kier molecular flexibility index (Phi) is 22.2. The van der Waals surface area contributed by atoms with Gasteiger partial charge in [-0.05, 0) is 19.3 Å². The van der Waals surface area contributed by atoms with Crippen LogP contribution in [0.2, 0.25) is 0 Å². The van der Waals surface area contributed by atoms with Crippen molar-refractivity contribution >= 4 is 0 Å². The van der Waals surface area contributed by atoms with Gasteiger partial charge in [0.25, 0.3) is 0 Å². The molecule has 0 fully saturated rings. The van der Waals surface area contributed by atoms with Gasteiger partial charge in [0.15, 0.2) is 0 Å². The molecule has 1 heteroatoms. The van der Waals surface area contributed by atoms with Gasteiger partial charge in [0, 0.05) is 12.1 Å². The smallest absolute Gasteiger partial charge is 0.0184 e. The van der Waals surface area contributed by atoms with Crippen molar-refractivity contribution in [3.63, 3.8) is 0 Å². The lowest BCUT2D eigenvalue weighted by Gasteiger charge is -2.35. The molecule has 0 bridgehead atoms. The van der Waals surface area contributed by atoms with Crippen molar-refractivity contribution < 1.29 is 0 Å². The Balaban J connectivity index is 3.80. The molecule has 0 radical (unpaired) electrons. The van der Waals surface area contributed by atoms with Gasteiger partial charge in [-0.25, -0.2) is 0 Å². The highest BCUT2D eigenvalue weighted by atomic mass is 15.0. The average Bonchev–Trinajstić information content (AvgIpc) is 2.74. The Morgan fingerprint density at radius 3 is 1.24 bits per heavy atom. The molecule has 0 aliphatic rings. The van der Waals surface area contributed by atoms with Gasteiger partial charge in [0.1, 0.15) is 0 Å². The van der Waals surface area contributed by atoms with Crippen LogP contribution in [0.1, 0.15) is 156 Å². The lowest BCUT2D eigenvalue weighted by molar-refractivity contribution is 0.248. The lowest BCUT2D eigenvalue weighted by atomic mass is 9.82. The molecular formula is C28H57N. The molecule has 1 N–H and O–H groups in total. The second-order valence-electron chi connectivity index (χ2n) is 9.50. The molecule has 0 saturated heterocycles. The van der Waals surface area contributed by atoms with Crippen molar-refractivity contribution in [1.29, 1.82) is 0 Å². The first-order chi connectivity index (χ1) is 14.2. The van der Waals surface area contributed by atoms with Crippen LogP contribution in [0.4, 0.5) is 0 Å². The molecule has 0 aromatic heterocycles. The Morgan fingerprint density at radius 1 is 0.517 bits per heavy atom. The number of unbranched alkanes of at least 4 members (excludes halogenated alkanes) is 15. The summed E-state index contributed by atoms with van der Waals surface area (Å²) in [5.41, 5.74) is 0.372. The molecule has 0 aromatic carbocycles. The van der Waals surface area contributed by atoms with E-state index in [9.17, 15) is 0 Å². The molecule has 0 atom stereocenters. The highest BCUT2D eigenvalue weighted by Gasteiger charge is 2.27. The average molecular weight is 408 g/mol. The fourth-order valence-electron chi connectivity index (χ4n) is 4.62. The molecule has 29 heavy (non-hydrogen) atoms. The van der Waals surface area contributed by atoms with Crippen molar-refractivity contribution in [3.05, 3.63) is 12.7 Å². The number of nitrogens with one attached hydrogen (secondary N) is 1. The molecule has 0 aliphatic carbocycles. The van der Waals surface area contributed by atoms with Gasteiger partial charge in [-0.1, -0.05) is 142 Å². The van der Waals surface area contributed by atoms with Gasteiger partial charge in [-0.2, -0.15) is 0 Å². The van der Waals surface area contributed by atoms with Crippen LogP contribution in [0.3, 0.4) is 0 Å². The summed E-state index contributed by atoms with van der Waals surface area (Å²) < 4.78 is 0. The largest absolute Gasteiger partial charge is 0.308 e. The molecule has 0 rings (SSSR count). The van der Waals surface area contributed by atoms with E-state index in [1.165, 1.54) is 135 Å². The number of hydrogen-bond donors (Lipinski definition) is 1. The second kappa shape index (κ2) is 22.4. The second-order valence-corrected chi connectivity index (χ2v) is 9.50. The molecule has 0 spiro atoms. The summed E-state index contributed by atoms with van der Waals surface area (Å²) in [4.78, 5) is 0. The van der Waals surface area contributed by atoms with E-state index in [1.807, 2.05) is 6.08 Å². The van der Waals surface area contributed by atoms with Crippen molar-refractivity contribution in [3.8, 4) is 0 Å². The maximum absolute atomic E-state index is 3.94. The van der Waals surface area contributed by atoms with Crippen LogP contribution in [-0.2, 0) is 0 Å². The van der Waals surface area contributed by atoms with E-state index >= 15 is 0 Å². The van der Waals surface area contributed by atoms with Gasteiger partial charge in [0.05, 0.1) is 0 Å². The minimum absolute atomic E-state index is 0.372. The third kappa shape index (κ3) is 18.2. The predicted octanol–water partition coefficient (Wildman–Crippen LogP) is 9.75. The third-order valence-corrected chi connectivity index (χ3v) is 6.65. The molecule has 0 heterocycles. The van der Waals surface area contributed by atoms with Crippen LogP contribution in [0, 0.1) is 0 Å². The van der Waals surface area contributed by atoms with E-state index in [4.69, 9.17) is 0 Å². The summed E-state index contributed by atoms with van der Waals surface area (Å²) in [7, 11) is 0. The molecule has 0 amide bonds. The standard InChI is InChI=1S/C28H57N/c1-5-9-12-13-14-15-16-17-18-19-20-21-22-23-26-28(24-10-6-2,25-11-7-3)29-27-8-4/h8,29H,4-7,9-27H2,1-3H3. The topological polar surface area (TPSA) is 12.0 Å². The molecular weight excluding hydrogens is 350 g/mol. The van der Waals surface area contributed by atoms with E-state index in [1.54, 1.807) is 0 Å². The van der Waals surface area contributed by atoms with Crippen molar-refractivity contribution in [1.82, 2.24) is 5.32 Å². The van der Waals surface area contributed by atoms with Gasteiger partial charge in [0.2, 0.25) is 0 Å². The van der Waals surface area contributed by atoms with Crippen molar-refractivity contribution in [2.45, 2.75) is 161 Å². The van der Waals surface area contributed by atoms with Crippen LogP contribution in [0.25, 0.3) is 0 Å². The minimum atomic E-state index is 0.372. The van der Waals surface area contributed by atoms with Gasteiger partial charge in [-0.3, -0.25) is 0 Å². The van der Waals surface area contributed by atoms with E-state index in [0.717, 1.165) is 6.54 Å². The Hall–Kier alpha value is -0.300. The molecule has 1 nitrogen and oxygen atoms in total. The number of rotatable bonds is 24. The third-order valence-electron chi connectivity index (χ3n) is 6.65. The van der Waals surface area contributed by atoms with Crippen molar-refractivity contribution in [2.75, 3.05) is 6.54 Å². The maximum atomic E-state index is 3.94. The number of hydrogen-bond acceptors (Lipinski definition) is 1. The molecule has 174 valence electrons. The highest BCUT2D eigenvalue weighted by molar-refractivity contribution is 4.90. The van der Waals surface area contributed by atoms with Gasteiger partial charge < -0.3 is 5.32 Å². The first-order valence-electron chi connectivity index (χ1n) is 13.6. The lowest BCUT2D eigenvalue weighted by Crippen LogP contribution is -2.45. The summed E-state index contributed by atoms with van der Waals surface area (Å²) in [6.45, 7) is 11.8. The molecule has 0 aliphatic heterocycles. The van der Waals surface area contributed by atoms with Crippen LogP contribution in [-0.4, -0.2) is 12.1 Å². The quantitative estimate of drug-likeness (QED) is 0.124. The van der Waals surface area contributed by atoms with E-state index in [0.29, 0.717) is 5.54 Å². The van der Waals surface area contributed by atoms with Crippen LogP contribution in [0.15, 0.2) is 12.7 Å².